The van der Waals surface area contributed by atoms with Crippen LogP contribution in [0.15, 0.2) is 24.3 Å². The molecule has 2 saturated heterocycles. The third kappa shape index (κ3) is 2.85. The highest BCUT2D eigenvalue weighted by Crippen LogP contribution is 2.38. The first kappa shape index (κ1) is 16.1. The number of hydrogen-bond acceptors (Lipinski definition) is 4. The smallest absolute Gasteiger partial charge is 0.229 e. The minimum atomic E-state index is -0.205. The molecule has 2 atom stereocenters. The quantitative estimate of drug-likeness (QED) is 0.835. The predicted molar refractivity (Wildman–Crippen MR) is 94.7 cm³/mol. The fraction of sp³-hybridized carbons (Fsp3) is 0.632. The summed E-state index contributed by atoms with van der Waals surface area (Å²) in [6.07, 6.45) is 1.12. The third-order valence-corrected chi connectivity index (χ3v) is 6.07. The fourth-order valence-corrected chi connectivity index (χ4v) is 4.74. The number of nitrogens with zero attached hydrogens (tertiary/aromatic N) is 2. The number of fused-ring (bicyclic) bond motifs is 2. The maximum atomic E-state index is 12.8. The normalized spacial score (nSPS) is 30.1. The van der Waals surface area contributed by atoms with Gasteiger partial charge in [-0.15, -0.1) is 0 Å². The number of carbonyl (C=O) groups is 1. The van der Waals surface area contributed by atoms with E-state index in [1.54, 1.807) is 0 Å². The molecule has 2 N–H and O–H groups in total. The molecule has 3 heterocycles. The van der Waals surface area contributed by atoms with E-state index in [0.29, 0.717) is 5.92 Å². The summed E-state index contributed by atoms with van der Waals surface area (Å²) < 4.78 is 0. The van der Waals surface area contributed by atoms with Crippen LogP contribution in [0.3, 0.4) is 0 Å². The van der Waals surface area contributed by atoms with Crippen LogP contribution < -0.4 is 10.6 Å². The Kier molecular flexibility index (Phi) is 4.33. The van der Waals surface area contributed by atoms with Crippen molar-refractivity contribution in [3.05, 3.63) is 35.4 Å². The molecule has 0 unspecified atom stereocenters. The summed E-state index contributed by atoms with van der Waals surface area (Å²) >= 11 is 0. The van der Waals surface area contributed by atoms with E-state index >= 15 is 0 Å². The second-order valence-corrected chi connectivity index (χ2v) is 7.73. The van der Waals surface area contributed by atoms with E-state index in [1.165, 1.54) is 11.1 Å². The van der Waals surface area contributed by atoms with Gasteiger partial charge in [0.15, 0.2) is 0 Å². The van der Waals surface area contributed by atoms with E-state index in [1.807, 2.05) is 0 Å². The lowest BCUT2D eigenvalue weighted by atomic mass is 9.80. The van der Waals surface area contributed by atoms with Crippen molar-refractivity contribution in [3.63, 3.8) is 0 Å². The van der Waals surface area contributed by atoms with Gasteiger partial charge in [-0.05, 0) is 24.6 Å². The Morgan fingerprint density at radius 2 is 2.21 bits per heavy atom. The van der Waals surface area contributed by atoms with Crippen molar-refractivity contribution >= 4 is 5.91 Å². The molecule has 0 radical (unpaired) electrons. The van der Waals surface area contributed by atoms with Gasteiger partial charge >= 0.3 is 0 Å². The molecule has 24 heavy (non-hydrogen) atoms. The number of carbonyl (C=O) groups excluding carboxylic acids is 1. The van der Waals surface area contributed by atoms with Crippen LogP contribution >= 0.6 is 0 Å². The number of likely N-dealkylation sites (tertiary alicyclic amines) is 1. The van der Waals surface area contributed by atoms with Crippen LogP contribution in [0.2, 0.25) is 0 Å². The number of amides is 1. The highest BCUT2D eigenvalue weighted by atomic mass is 16.2. The Hall–Kier alpha value is -1.43. The van der Waals surface area contributed by atoms with E-state index in [2.05, 4.69) is 51.7 Å². The summed E-state index contributed by atoms with van der Waals surface area (Å²) in [6.45, 7) is 7.49. The highest BCUT2D eigenvalue weighted by Gasteiger charge is 2.53. The van der Waals surface area contributed by atoms with Crippen molar-refractivity contribution in [1.82, 2.24) is 20.4 Å². The summed E-state index contributed by atoms with van der Waals surface area (Å²) in [5.74, 6) is 0.712. The van der Waals surface area contributed by atoms with E-state index in [0.717, 1.165) is 58.8 Å². The third-order valence-electron chi connectivity index (χ3n) is 6.07. The Labute approximate surface area is 144 Å². The Balaban J connectivity index is 1.30. The molecule has 3 aliphatic rings. The van der Waals surface area contributed by atoms with E-state index < -0.39 is 0 Å². The molecule has 0 aliphatic carbocycles. The lowest BCUT2D eigenvalue weighted by Crippen LogP contribution is -2.49. The average molecular weight is 328 g/mol. The van der Waals surface area contributed by atoms with Gasteiger partial charge in [-0.3, -0.25) is 9.69 Å². The van der Waals surface area contributed by atoms with Crippen LogP contribution in [-0.2, 0) is 17.8 Å². The molecule has 2 fully saturated rings. The topological polar surface area (TPSA) is 47.6 Å². The molecule has 5 heteroatoms. The van der Waals surface area contributed by atoms with Crippen LogP contribution in [0.1, 0.15) is 11.1 Å². The predicted octanol–water partition coefficient (Wildman–Crippen LogP) is 0.312. The standard InChI is InChI=1S/C19H28N4O/c1-22-12-17-10-20-13-19(17,14-22)18(24)21-7-9-23-8-6-15-4-2-3-5-16(15)11-23/h2-5,17,20H,6-14H2,1H3,(H,21,24)/t17-,19-/m1/s1. The van der Waals surface area contributed by atoms with Gasteiger partial charge in [0.25, 0.3) is 0 Å². The fourth-order valence-electron chi connectivity index (χ4n) is 4.74. The SMILES string of the molecule is CN1C[C@H]2CNC[C@@]2(C(=O)NCCN2CCc3ccccc3C2)C1. The summed E-state index contributed by atoms with van der Waals surface area (Å²) in [5, 5.41) is 6.65. The van der Waals surface area contributed by atoms with Gasteiger partial charge in [-0.25, -0.2) is 0 Å². The van der Waals surface area contributed by atoms with Crippen molar-refractivity contribution in [3.8, 4) is 0 Å². The lowest BCUT2D eigenvalue weighted by Gasteiger charge is -2.30. The largest absolute Gasteiger partial charge is 0.354 e. The van der Waals surface area contributed by atoms with Gasteiger partial charge in [0.2, 0.25) is 5.91 Å². The summed E-state index contributed by atoms with van der Waals surface area (Å²) in [4.78, 5) is 17.6. The second kappa shape index (κ2) is 6.47. The summed E-state index contributed by atoms with van der Waals surface area (Å²) in [7, 11) is 2.12. The first-order chi connectivity index (χ1) is 11.7. The summed E-state index contributed by atoms with van der Waals surface area (Å²) in [6, 6.07) is 8.70. The number of nitrogens with one attached hydrogen (secondary N) is 2. The van der Waals surface area contributed by atoms with Crippen molar-refractivity contribution in [1.29, 1.82) is 0 Å². The van der Waals surface area contributed by atoms with E-state index in [-0.39, 0.29) is 11.3 Å². The molecular weight excluding hydrogens is 300 g/mol. The first-order valence-corrected chi connectivity index (χ1v) is 9.14. The van der Waals surface area contributed by atoms with Crippen molar-refractivity contribution < 1.29 is 4.79 Å². The average Bonchev–Trinajstić information content (AvgIpc) is 3.11. The van der Waals surface area contributed by atoms with Gasteiger partial charge in [-0.1, -0.05) is 24.3 Å². The molecule has 0 bridgehead atoms. The Bertz CT molecular complexity index is 619. The van der Waals surface area contributed by atoms with E-state index in [4.69, 9.17) is 0 Å². The lowest BCUT2D eigenvalue weighted by molar-refractivity contribution is -0.130. The maximum Gasteiger partial charge on any atom is 0.229 e. The van der Waals surface area contributed by atoms with Gasteiger partial charge in [0.1, 0.15) is 0 Å². The van der Waals surface area contributed by atoms with Crippen LogP contribution in [-0.4, -0.2) is 68.6 Å². The molecule has 0 aromatic heterocycles. The molecule has 1 aromatic carbocycles. The zero-order valence-corrected chi connectivity index (χ0v) is 14.6. The monoisotopic (exact) mass is 328 g/mol. The molecule has 0 saturated carbocycles. The highest BCUT2D eigenvalue weighted by molar-refractivity contribution is 5.84. The van der Waals surface area contributed by atoms with E-state index in [9.17, 15) is 4.79 Å². The Morgan fingerprint density at radius 3 is 3.08 bits per heavy atom. The van der Waals surface area contributed by atoms with Crippen LogP contribution in [0.4, 0.5) is 0 Å². The zero-order chi connectivity index (χ0) is 16.6. The summed E-state index contributed by atoms with van der Waals surface area (Å²) in [5.41, 5.74) is 2.71. The second-order valence-electron chi connectivity index (χ2n) is 7.73. The molecule has 5 nitrogen and oxygen atoms in total. The van der Waals surface area contributed by atoms with Crippen molar-refractivity contribution in [2.24, 2.45) is 11.3 Å². The molecule has 1 amide bonds. The van der Waals surface area contributed by atoms with Gasteiger partial charge < -0.3 is 15.5 Å². The molecule has 4 rings (SSSR count). The van der Waals surface area contributed by atoms with Crippen LogP contribution in [0, 0.1) is 11.3 Å². The van der Waals surface area contributed by atoms with Gasteiger partial charge in [0, 0.05) is 58.3 Å². The Morgan fingerprint density at radius 1 is 1.38 bits per heavy atom. The zero-order valence-electron chi connectivity index (χ0n) is 14.6. The molecule has 130 valence electrons. The first-order valence-electron chi connectivity index (χ1n) is 9.14. The number of benzene rings is 1. The van der Waals surface area contributed by atoms with Crippen molar-refractivity contribution in [2.75, 3.05) is 52.9 Å². The molecule has 1 aromatic rings. The number of rotatable bonds is 4. The maximum absolute atomic E-state index is 12.8. The van der Waals surface area contributed by atoms with Crippen molar-refractivity contribution in [2.45, 2.75) is 13.0 Å². The number of hydrogen-bond donors (Lipinski definition) is 2. The molecule has 0 spiro atoms. The molecular formula is C19H28N4O. The van der Waals surface area contributed by atoms with Crippen LogP contribution in [0.5, 0.6) is 0 Å². The van der Waals surface area contributed by atoms with Gasteiger partial charge in [-0.2, -0.15) is 0 Å². The van der Waals surface area contributed by atoms with Crippen LogP contribution in [0.25, 0.3) is 0 Å². The van der Waals surface area contributed by atoms with Gasteiger partial charge in [0.05, 0.1) is 5.41 Å². The minimum Gasteiger partial charge on any atom is -0.354 e. The molecule has 3 aliphatic heterocycles. The minimum absolute atomic E-state index is 0.205.